The molecule has 0 bridgehead atoms. The molecule has 0 saturated heterocycles. The molecule has 0 radical (unpaired) electrons. The Labute approximate surface area is 190 Å². The molecule has 32 heavy (non-hydrogen) atoms. The van der Waals surface area contributed by atoms with E-state index in [1.807, 2.05) is 24.3 Å². The van der Waals surface area contributed by atoms with Gasteiger partial charge in [0.05, 0.1) is 34.7 Å². The molecule has 3 aromatic rings. The number of rotatable bonds is 4. The minimum Gasteiger partial charge on any atom is -0.465 e. The van der Waals surface area contributed by atoms with E-state index in [4.69, 9.17) is 9.15 Å². The van der Waals surface area contributed by atoms with Crippen LogP contribution >= 0.6 is 11.3 Å². The van der Waals surface area contributed by atoms with Gasteiger partial charge in [-0.05, 0) is 42.5 Å². The van der Waals surface area contributed by atoms with Crippen molar-refractivity contribution < 1.29 is 13.9 Å². The van der Waals surface area contributed by atoms with E-state index in [1.54, 1.807) is 42.9 Å². The normalized spacial score (nSPS) is 16.7. The van der Waals surface area contributed by atoms with Gasteiger partial charge in [-0.15, -0.1) is 0 Å². The Morgan fingerprint density at radius 3 is 2.56 bits per heavy atom. The maximum absolute atomic E-state index is 13.4. The highest BCUT2D eigenvalue weighted by Crippen LogP contribution is 2.32. The first-order valence-electron chi connectivity index (χ1n) is 10.5. The first-order chi connectivity index (χ1) is 15.2. The summed E-state index contributed by atoms with van der Waals surface area (Å²) in [7, 11) is 0. The maximum atomic E-state index is 13.4. The molecule has 1 aromatic carbocycles. The minimum atomic E-state index is -0.613. The standard InChI is InChI=1S/C25H26N2O4S/c1-6-30-23(29)20-15(2)26-24-27(22(28)19(32-24)14-18-8-7-13-31-18)21(20)16-9-11-17(12-10-16)25(3,4)5/h7-14,21H,6H2,1-5H3/t21-/m0/s1. The molecule has 166 valence electrons. The van der Waals surface area contributed by atoms with Crippen LogP contribution < -0.4 is 14.9 Å². The van der Waals surface area contributed by atoms with E-state index in [0.717, 1.165) is 5.56 Å². The summed E-state index contributed by atoms with van der Waals surface area (Å²) in [6.45, 7) is 10.2. The number of hydrogen-bond donors (Lipinski definition) is 0. The molecule has 6 nitrogen and oxygen atoms in total. The van der Waals surface area contributed by atoms with Gasteiger partial charge in [-0.1, -0.05) is 56.4 Å². The Morgan fingerprint density at radius 2 is 1.97 bits per heavy atom. The number of esters is 1. The second kappa shape index (κ2) is 8.39. The Hall–Kier alpha value is -3.19. The smallest absolute Gasteiger partial charge is 0.338 e. The van der Waals surface area contributed by atoms with E-state index in [0.29, 0.717) is 26.4 Å². The number of hydrogen-bond acceptors (Lipinski definition) is 6. The number of nitrogens with zero attached hydrogens (tertiary/aromatic N) is 2. The first-order valence-corrected chi connectivity index (χ1v) is 11.4. The van der Waals surface area contributed by atoms with Crippen LogP contribution in [0, 0.1) is 0 Å². The summed E-state index contributed by atoms with van der Waals surface area (Å²) < 4.78 is 12.8. The zero-order valence-corrected chi connectivity index (χ0v) is 19.7. The molecule has 0 fully saturated rings. The minimum absolute atomic E-state index is 0.00823. The Morgan fingerprint density at radius 1 is 1.25 bits per heavy atom. The molecule has 0 amide bonds. The van der Waals surface area contributed by atoms with Crippen molar-refractivity contribution in [1.29, 1.82) is 0 Å². The van der Waals surface area contributed by atoms with E-state index in [2.05, 4.69) is 25.8 Å². The number of fused-ring (bicyclic) bond motifs is 1. The zero-order chi connectivity index (χ0) is 23.0. The highest BCUT2D eigenvalue weighted by Gasteiger charge is 2.33. The van der Waals surface area contributed by atoms with E-state index < -0.39 is 12.0 Å². The molecule has 4 rings (SSSR count). The van der Waals surface area contributed by atoms with Gasteiger partial charge in [0.15, 0.2) is 4.80 Å². The van der Waals surface area contributed by atoms with Crippen LogP contribution in [-0.2, 0) is 14.9 Å². The lowest BCUT2D eigenvalue weighted by molar-refractivity contribution is -0.139. The summed E-state index contributed by atoms with van der Waals surface area (Å²) >= 11 is 1.28. The number of benzene rings is 1. The molecule has 0 spiro atoms. The predicted molar refractivity (Wildman–Crippen MR) is 124 cm³/mol. The van der Waals surface area contributed by atoms with Crippen LogP contribution in [0.4, 0.5) is 0 Å². The van der Waals surface area contributed by atoms with E-state index in [1.165, 1.54) is 16.9 Å². The van der Waals surface area contributed by atoms with Crippen molar-refractivity contribution >= 4 is 23.4 Å². The summed E-state index contributed by atoms with van der Waals surface area (Å²) in [4.78, 5) is 31.5. The van der Waals surface area contributed by atoms with Gasteiger partial charge in [0.2, 0.25) is 0 Å². The zero-order valence-electron chi connectivity index (χ0n) is 18.8. The number of carbonyl (C=O) groups excluding carboxylic acids is 1. The van der Waals surface area contributed by atoms with Gasteiger partial charge in [-0.3, -0.25) is 9.36 Å². The Balaban J connectivity index is 1.94. The van der Waals surface area contributed by atoms with E-state index in [-0.39, 0.29) is 17.6 Å². The molecule has 3 heterocycles. The van der Waals surface area contributed by atoms with E-state index in [9.17, 15) is 9.59 Å². The van der Waals surface area contributed by atoms with Crippen LogP contribution in [0.2, 0.25) is 0 Å². The van der Waals surface area contributed by atoms with Crippen molar-refractivity contribution in [2.45, 2.75) is 46.1 Å². The molecule has 0 N–H and O–H groups in total. The van der Waals surface area contributed by atoms with Crippen LogP contribution in [0.1, 0.15) is 57.5 Å². The molecule has 0 unspecified atom stereocenters. The molecule has 7 heteroatoms. The largest absolute Gasteiger partial charge is 0.465 e. The van der Waals surface area contributed by atoms with Crippen molar-refractivity contribution in [1.82, 2.24) is 4.57 Å². The molecular formula is C25H26N2O4S. The van der Waals surface area contributed by atoms with Gasteiger partial charge in [0.25, 0.3) is 5.56 Å². The second-order valence-corrected chi connectivity index (χ2v) is 9.70. The average Bonchev–Trinajstić information content (AvgIpc) is 3.35. The fraction of sp³-hybridized carbons (Fsp3) is 0.320. The molecule has 1 atom stereocenters. The number of ether oxygens (including phenoxy) is 1. The van der Waals surface area contributed by atoms with Gasteiger partial charge in [-0.25, -0.2) is 9.79 Å². The third-order valence-corrected chi connectivity index (χ3v) is 6.41. The van der Waals surface area contributed by atoms with Crippen LogP contribution in [-0.4, -0.2) is 17.1 Å². The summed E-state index contributed by atoms with van der Waals surface area (Å²) in [5, 5.41) is 0. The SMILES string of the molecule is CCOC(=O)C1=C(C)N=c2sc(=Cc3ccco3)c(=O)n2[C@H]1c1ccc(C(C)(C)C)cc1. The molecule has 1 aliphatic heterocycles. The lowest BCUT2D eigenvalue weighted by Crippen LogP contribution is -2.40. The first kappa shape index (κ1) is 22.0. The number of furan rings is 1. The molecule has 0 saturated carbocycles. The quantitative estimate of drug-likeness (QED) is 0.569. The van der Waals surface area contributed by atoms with Gasteiger partial charge in [-0.2, -0.15) is 0 Å². The van der Waals surface area contributed by atoms with Crippen LogP contribution in [0.3, 0.4) is 0 Å². The second-order valence-electron chi connectivity index (χ2n) is 8.69. The fourth-order valence-electron chi connectivity index (χ4n) is 3.77. The highest BCUT2D eigenvalue weighted by atomic mass is 32.1. The van der Waals surface area contributed by atoms with Crippen molar-refractivity contribution in [2.75, 3.05) is 6.61 Å². The topological polar surface area (TPSA) is 73.8 Å². The van der Waals surface area contributed by atoms with Crippen LogP contribution in [0.25, 0.3) is 6.08 Å². The van der Waals surface area contributed by atoms with Gasteiger partial charge in [0.1, 0.15) is 5.76 Å². The number of allylic oxidation sites excluding steroid dienone is 1. The third kappa shape index (κ3) is 4.00. The van der Waals surface area contributed by atoms with Crippen molar-refractivity contribution in [3.63, 3.8) is 0 Å². The molecule has 0 aliphatic carbocycles. The summed E-state index contributed by atoms with van der Waals surface area (Å²) in [6.07, 6.45) is 3.26. The number of thiazole rings is 1. The fourth-order valence-corrected chi connectivity index (χ4v) is 4.80. The van der Waals surface area contributed by atoms with Gasteiger partial charge >= 0.3 is 5.97 Å². The lowest BCUT2D eigenvalue weighted by Gasteiger charge is -2.26. The molecule has 1 aliphatic rings. The highest BCUT2D eigenvalue weighted by molar-refractivity contribution is 7.07. The Kier molecular flexibility index (Phi) is 5.77. The monoisotopic (exact) mass is 450 g/mol. The van der Waals surface area contributed by atoms with Crippen LogP contribution in [0.15, 0.2) is 68.1 Å². The summed E-state index contributed by atoms with van der Waals surface area (Å²) in [5.74, 6) is 0.127. The third-order valence-electron chi connectivity index (χ3n) is 5.43. The van der Waals surface area contributed by atoms with E-state index >= 15 is 0 Å². The number of carbonyl (C=O) groups is 1. The van der Waals surface area contributed by atoms with Gasteiger partial charge in [0, 0.05) is 6.08 Å². The number of aromatic nitrogens is 1. The lowest BCUT2D eigenvalue weighted by atomic mass is 9.85. The van der Waals surface area contributed by atoms with Crippen molar-refractivity contribution in [2.24, 2.45) is 4.99 Å². The molecular weight excluding hydrogens is 424 g/mol. The predicted octanol–water partition coefficient (Wildman–Crippen LogP) is 3.69. The van der Waals surface area contributed by atoms with Crippen molar-refractivity contribution in [3.05, 3.63) is 90.5 Å². The summed E-state index contributed by atoms with van der Waals surface area (Å²) in [6, 6.07) is 11.0. The van der Waals surface area contributed by atoms with Crippen molar-refractivity contribution in [3.8, 4) is 0 Å². The van der Waals surface area contributed by atoms with Gasteiger partial charge < -0.3 is 9.15 Å². The Bertz CT molecular complexity index is 1350. The average molecular weight is 451 g/mol. The molecule has 2 aromatic heterocycles. The van der Waals surface area contributed by atoms with Crippen LogP contribution in [0.5, 0.6) is 0 Å². The maximum Gasteiger partial charge on any atom is 0.338 e. The summed E-state index contributed by atoms with van der Waals surface area (Å²) in [5.41, 5.74) is 2.72.